The Morgan fingerprint density at radius 3 is 2.58 bits per heavy atom. The molecule has 0 bridgehead atoms. The van der Waals surface area contributed by atoms with E-state index in [0.29, 0.717) is 18.2 Å². The molecule has 0 radical (unpaired) electrons. The topological polar surface area (TPSA) is 53.8 Å². The first-order valence-corrected chi connectivity index (χ1v) is 8.35. The highest BCUT2D eigenvalue weighted by Crippen LogP contribution is 2.45. The maximum absolute atomic E-state index is 12.9. The number of hydrogen-bond acceptors (Lipinski definition) is 3. The van der Waals surface area contributed by atoms with Gasteiger partial charge in [0.15, 0.2) is 5.76 Å². The quantitative estimate of drug-likeness (QED) is 0.849. The molecule has 1 atom stereocenters. The molecule has 1 fully saturated rings. The monoisotopic (exact) mass is 324 g/mol. The number of anilines is 2. The highest BCUT2D eigenvalue weighted by molar-refractivity contribution is 6.09. The zero-order valence-corrected chi connectivity index (χ0v) is 13.9. The fraction of sp³-hybridized carbons (Fsp3) is 0.368. The molecule has 2 aliphatic rings. The zero-order valence-electron chi connectivity index (χ0n) is 13.9. The Kier molecular flexibility index (Phi) is 3.44. The van der Waals surface area contributed by atoms with Crippen molar-refractivity contribution in [2.75, 3.05) is 16.3 Å². The van der Waals surface area contributed by atoms with Crippen LogP contribution in [0.4, 0.5) is 11.4 Å². The molecular formula is C19H20N2O3. The smallest absolute Gasteiger partial charge is 0.294 e. The molecule has 1 aliphatic heterocycles. The van der Waals surface area contributed by atoms with E-state index in [1.807, 2.05) is 13.0 Å². The van der Waals surface area contributed by atoms with Gasteiger partial charge in [-0.05, 0) is 55.5 Å². The van der Waals surface area contributed by atoms with E-state index >= 15 is 0 Å². The van der Waals surface area contributed by atoms with Gasteiger partial charge in [0.25, 0.3) is 5.91 Å². The van der Waals surface area contributed by atoms with Crippen LogP contribution in [0.25, 0.3) is 0 Å². The molecule has 2 amide bonds. The molecule has 5 heteroatoms. The third-order valence-corrected chi connectivity index (χ3v) is 4.80. The lowest BCUT2D eigenvalue weighted by atomic mass is 10.0. The molecule has 1 aromatic heterocycles. The van der Waals surface area contributed by atoms with Gasteiger partial charge in [0.05, 0.1) is 23.7 Å². The lowest BCUT2D eigenvalue weighted by molar-refractivity contribution is -0.117. The first kappa shape index (κ1) is 15.0. The van der Waals surface area contributed by atoms with E-state index in [1.165, 1.54) is 24.7 Å². The summed E-state index contributed by atoms with van der Waals surface area (Å²) in [5, 5.41) is 0. The Balaban J connectivity index is 1.81. The molecule has 124 valence electrons. The van der Waals surface area contributed by atoms with E-state index in [0.717, 1.165) is 11.4 Å². The second-order valence-electron chi connectivity index (χ2n) is 6.65. The van der Waals surface area contributed by atoms with Crippen molar-refractivity contribution in [1.29, 1.82) is 0 Å². The molecule has 1 saturated carbocycles. The summed E-state index contributed by atoms with van der Waals surface area (Å²) >= 11 is 0. The van der Waals surface area contributed by atoms with E-state index in [-0.39, 0.29) is 17.9 Å². The molecule has 2 heterocycles. The third kappa shape index (κ3) is 2.40. The van der Waals surface area contributed by atoms with Gasteiger partial charge >= 0.3 is 0 Å². The molecule has 0 N–H and O–H groups in total. The number of amides is 2. The van der Waals surface area contributed by atoms with Crippen molar-refractivity contribution >= 4 is 23.2 Å². The molecule has 0 saturated heterocycles. The second kappa shape index (κ2) is 5.51. The van der Waals surface area contributed by atoms with Crippen molar-refractivity contribution in [3.8, 4) is 0 Å². The number of fused-ring (bicyclic) bond motifs is 1. The molecule has 0 spiro atoms. The lowest BCUT2D eigenvalue weighted by Gasteiger charge is -2.40. The van der Waals surface area contributed by atoms with Crippen LogP contribution in [0.5, 0.6) is 0 Å². The number of furan rings is 1. The van der Waals surface area contributed by atoms with Gasteiger partial charge in [-0.3, -0.25) is 9.59 Å². The Bertz CT molecular complexity index is 793. The van der Waals surface area contributed by atoms with E-state index in [9.17, 15) is 9.59 Å². The lowest BCUT2D eigenvalue weighted by Crippen LogP contribution is -2.51. The molecule has 1 unspecified atom stereocenters. The molecule has 1 aliphatic carbocycles. The van der Waals surface area contributed by atoms with Gasteiger partial charge in [-0.2, -0.15) is 0 Å². The Labute approximate surface area is 140 Å². The van der Waals surface area contributed by atoms with Gasteiger partial charge in [0.2, 0.25) is 5.91 Å². The summed E-state index contributed by atoms with van der Waals surface area (Å²) in [6.07, 6.45) is 3.89. The highest BCUT2D eigenvalue weighted by atomic mass is 16.3. The van der Waals surface area contributed by atoms with Crippen LogP contribution in [0.15, 0.2) is 41.0 Å². The van der Waals surface area contributed by atoms with Crippen LogP contribution in [0.1, 0.15) is 48.7 Å². The number of carbonyl (C=O) groups is 2. The van der Waals surface area contributed by atoms with Crippen molar-refractivity contribution in [2.24, 2.45) is 0 Å². The number of nitrogens with zero attached hydrogens (tertiary/aromatic N) is 2. The minimum Gasteiger partial charge on any atom is -0.459 e. The van der Waals surface area contributed by atoms with Crippen molar-refractivity contribution in [1.82, 2.24) is 0 Å². The molecule has 24 heavy (non-hydrogen) atoms. The van der Waals surface area contributed by atoms with E-state index in [2.05, 4.69) is 12.1 Å². The van der Waals surface area contributed by atoms with Gasteiger partial charge in [-0.15, -0.1) is 0 Å². The van der Waals surface area contributed by atoms with Crippen LogP contribution >= 0.6 is 0 Å². The second-order valence-corrected chi connectivity index (χ2v) is 6.65. The molecule has 1 aromatic carbocycles. The van der Waals surface area contributed by atoms with Crippen molar-refractivity contribution in [3.05, 3.63) is 47.9 Å². The molecule has 4 rings (SSSR count). The van der Waals surface area contributed by atoms with Crippen LogP contribution < -0.4 is 9.80 Å². The van der Waals surface area contributed by atoms with Gasteiger partial charge in [-0.1, -0.05) is 6.07 Å². The SMILES string of the molecule is CC(=O)N1c2ccc(C3CC3)cc2N(C(=O)c2ccco2)CC1C. The van der Waals surface area contributed by atoms with Crippen LogP contribution in [0.3, 0.4) is 0 Å². The summed E-state index contributed by atoms with van der Waals surface area (Å²) in [6, 6.07) is 9.43. The van der Waals surface area contributed by atoms with Gasteiger partial charge < -0.3 is 14.2 Å². The summed E-state index contributed by atoms with van der Waals surface area (Å²) in [6.45, 7) is 3.99. The molecular weight excluding hydrogens is 304 g/mol. The summed E-state index contributed by atoms with van der Waals surface area (Å²) in [5.41, 5.74) is 2.84. The highest BCUT2D eigenvalue weighted by Gasteiger charge is 2.36. The van der Waals surface area contributed by atoms with Gasteiger partial charge in [-0.25, -0.2) is 0 Å². The number of carbonyl (C=O) groups excluding carboxylic acids is 2. The van der Waals surface area contributed by atoms with Crippen LogP contribution in [0.2, 0.25) is 0 Å². The zero-order chi connectivity index (χ0) is 16.8. The summed E-state index contributed by atoms with van der Waals surface area (Å²) in [4.78, 5) is 28.5. The number of hydrogen-bond donors (Lipinski definition) is 0. The fourth-order valence-corrected chi connectivity index (χ4v) is 3.52. The number of rotatable bonds is 2. The minimum atomic E-state index is -0.163. The summed E-state index contributed by atoms with van der Waals surface area (Å²) in [7, 11) is 0. The van der Waals surface area contributed by atoms with Crippen molar-refractivity contribution in [3.63, 3.8) is 0 Å². The maximum Gasteiger partial charge on any atom is 0.294 e. The predicted octanol–water partition coefficient (Wildman–Crippen LogP) is 3.56. The van der Waals surface area contributed by atoms with Crippen molar-refractivity contribution in [2.45, 2.75) is 38.6 Å². The average molecular weight is 324 g/mol. The van der Waals surface area contributed by atoms with Crippen LogP contribution in [-0.2, 0) is 4.79 Å². The minimum absolute atomic E-state index is 0.00646. The Hall–Kier alpha value is -2.56. The van der Waals surface area contributed by atoms with Gasteiger partial charge in [0.1, 0.15) is 0 Å². The first-order valence-electron chi connectivity index (χ1n) is 8.35. The number of benzene rings is 1. The van der Waals surface area contributed by atoms with Crippen LogP contribution in [-0.4, -0.2) is 24.4 Å². The average Bonchev–Trinajstić information content (AvgIpc) is 3.27. The largest absolute Gasteiger partial charge is 0.459 e. The van der Waals surface area contributed by atoms with E-state index < -0.39 is 0 Å². The summed E-state index contributed by atoms with van der Waals surface area (Å²) < 4.78 is 5.29. The van der Waals surface area contributed by atoms with Crippen LogP contribution in [0, 0.1) is 0 Å². The Morgan fingerprint density at radius 1 is 1.17 bits per heavy atom. The van der Waals surface area contributed by atoms with Crippen molar-refractivity contribution < 1.29 is 14.0 Å². The standard InChI is InChI=1S/C19H20N2O3/c1-12-11-20(19(23)18-4-3-9-24-18)17-10-15(14-5-6-14)7-8-16(17)21(12)13(2)22/h3-4,7-10,12,14H,5-6,11H2,1-2H3. The Morgan fingerprint density at radius 2 is 1.96 bits per heavy atom. The normalized spacial score (nSPS) is 20.0. The van der Waals surface area contributed by atoms with E-state index in [1.54, 1.807) is 28.9 Å². The summed E-state index contributed by atoms with van der Waals surface area (Å²) in [5.74, 6) is 0.736. The third-order valence-electron chi connectivity index (χ3n) is 4.80. The molecule has 5 nitrogen and oxygen atoms in total. The fourth-order valence-electron chi connectivity index (χ4n) is 3.52. The maximum atomic E-state index is 12.9. The molecule has 2 aromatic rings. The van der Waals surface area contributed by atoms with Gasteiger partial charge in [0, 0.05) is 13.5 Å². The predicted molar refractivity (Wildman–Crippen MR) is 91.4 cm³/mol. The first-order chi connectivity index (χ1) is 11.6. The van der Waals surface area contributed by atoms with E-state index in [4.69, 9.17) is 4.42 Å².